The van der Waals surface area contributed by atoms with Gasteiger partial charge >= 0.3 is 0 Å². The zero-order valence-corrected chi connectivity index (χ0v) is 13.8. The minimum Gasteiger partial charge on any atom is -0.493 e. The van der Waals surface area contributed by atoms with Crippen LogP contribution in [0.15, 0.2) is 16.6 Å². The predicted molar refractivity (Wildman–Crippen MR) is 80.0 cm³/mol. The molecule has 0 atom stereocenters. The van der Waals surface area contributed by atoms with E-state index in [9.17, 15) is 0 Å². The van der Waals surface area contributed by atoms with Crippen LogP contribution in [0.3, 0.4) is 0 Å². The summed E-state index contributed by atoms with van der Waals surface area (Å²) < 4.78 is 22.6. The summed E-state index contributed by atoms with van der Waals surface area (Å²) in [4.78, 5) is 0. The summed E-state index contributed by atoms with van der Waals surface area (Å²) >= 11 is 3.60. The van der Waals surface area contributed by atoms with Crippen molar-refractivity contribution in [1.82, 2.24) is 0 Å². The molecule has 1 aliphatic heterocycles. The van der Waals surface area contributed by atoms with Gasteiger partial charge < -0.3 is 18.9 Å². The molecular weight excluding hydrogens is 324 g/mol. The van der Waals surface area contributed by atoms with Gasteiger partial charge in [0.15, 0.2) is 0 Å². The minimum atomic E-state index is 0.135. The number of hydrogen-bond acceptors (Lipinski definition) is 4. The third kappa shape index (κ3) is 3.73. The number of hydrogen-bond donors (Lipinski definition) is 0. The van der Waals surface area contributed by atoms with Crippen molar-refractivity contribution in [2.75, 3.05) is 34.0 Å². The molecule has 0 aromatic heterocycles. The summed E-state index contributed by atoms with van der Waals surface area (Å²) in [6.07, 6.45) is 0. The molecule has 0 unspecified atom stereocenters. The van der Waals surface area contributed by atoms with Crippen LogP contribution in [0.5, 0.6) is 5.75 Å². The van der Waals surface area contributed by atoms with Crippen LogP contribution in [0.4, 0.5) is 0 Å². The lowest BCUT2D eigenvalue weighted by atomic mass is 9.90. The number of benzene rings is 1. The molecule has 1 aromatic rings. The molecule has 2 rings (SSSR count). The Kier molecular flexibility index (Phi) is 5.43. The standard InChI is InChI=1S/C15H21BrO4/c1-15(8-19-9-15)10-20-13-4-11(6-17-2)14(16)12(5-13)7-18-3/h4-5H,6-10H2,1-3H3. The van der Waals surface area contributed by atoms with Gasteiger partial charge in [-0.1, -0.05) is 22.9 Å². The van der Waals surface area contributed by atoms with E-state index in [0.717, 1.165) is 34.6 Å². The predicted octanol–water partition coefficient (Wildman–Crippen LogP) is 3.16. The van der Waals surface area contributed by atoms with Crippen molar-refractivity contribution in [2.45, 2.75) is 20.1 Å². The fraction of sp³-hybridized carbons (Fsp3) is 0.600. The van der Waals surface area contributed by atoms with Crippen molar-refractivity contribution in [3.8, 4) is 5.75 Å². The Labute approximate surface area is 128 Å². The second kappa shape index (κ2) is 6.89. The van der Waals surface area contributed by atoms with E-state index in [2.05, 4.69) is 22.9 Å². The fourth-order valence-corrected chi connectivity index (χ4v) is 2.57. The number of halogens is 1. The average Bonchev–Trinajstić information content (AvgIpc) is 2.39. The fourth-order valence-electron chi connectivity index (χ4n) is 2.11. The normalized spacial score (nSPS) is 16.8. The lowest BCUT2D eigenvalue weighted by molar-refractivity contribution is -0.120. The summed E-state index contributed by atoms with van der Waals surface area (Å²) in [6, 6.07) is 4.02. The van der Waals surface area contributed by atoms with Crippen LogP contribution < -0.4 is 4.74 Å². The van der Waals surface area contributed by atoms with Crippen LogP contribution in [0.25, 0.3) is 0 Å². The molecule has 1 aliphatic rings. The van der Waals surface area contributed by atoms with Gasteiger partial charge in [-0.05, 0) is 23.3 Å². The Bertz CT molecular complexity index is 430. The Balaban J connectivity index is 2.14. The Hall–Kier alpha value is -0.620. The van der Waals surface area contributed by atoms with Gasteiger partial charge in [0.2, 0.25) is 0 Å². The zero-order valence-electron chi connectivity index (χ0n) is 12.2. The average molecular weight is 345 g/mol. The molecule has 1 heterocycles. The summed E-state index contributed by atoms with van der Waals surface area (Å²) in [5.74, 6) is 0.848. The van der Waals surface area contributed by atoms with Crippen molar-refractivity contribution in [2.24, 2.45) is 5.41 Å². The van der Waals surface area contributed by atoms with Crippen molar-refractivity contribution >= 4 is 15.9 Å². The second-order valence-corrected chi connectivity index (χ2v) is 6.31. The first-order valence-electron chi connectivity index (χ1n) is 6.58. The van der Waals surface area contributed by atoms with E-state index >= 15 is 0 Å². The first-order valence-corrected chi connectivity index (χ1v) is 7.37. The zero-order chi connectivity index (χ0) is 14.6. The van der Waals surface area contributed by atoms with Crippen LogP contribution in [0, 0.1) is 5.41 Å². The molecule has 0 aliphatic carbocycles. The quantitative estimate of drug-likeness (QED) is 0.761. The topological polar surface area (TPSA) is 36.9 Å². The van der Waals surface area contributed by atoms with Crippen molar-refractivity contribution in [3.05, 3.63) is 27.7 Å². The lowest BCUT2D eigenvalue weighted by Crippen LogP contribution is -2.44. The molecule has 0 spiro atoms. The Morgan fingerprint density at radius 3 is 2.10 bits per heavy atom. The van der Waals surface area contributed by atoms with Crippen LogP contribution >= 0.6 is 15.9 Å². The van der Waals surface area contributed by atoms with Crippen LogP contribution in [-0.2, 0) is 27.4 Å². The highest BCUT2D eigenvalue weighted by molar-refractivity contribution is 9.10. The van der Waals surface area contributed by atoms with Crippen LogP contribution in [0.1, 0.15) is 18.1 Å². The third-order valence-corrected chi connectivity index (χ3v) is 4.30. The maximum absolute atomic E-state index is 5.93. The molecule has 0 radical (unpaired) electrons. The molecule has 4 nitrogen and oxygen atoms in total. The van der Waals surface area contributed by atoms with Gasteiger partial charge in [-0.25, -0.2) is 0 Å². The van der Waals surface area contributed by atoms with Gasteiger partial charge in [0.05, 0.1) is 33.0 Å². The molecule has 1 fully saturated rings. The molecule has 112 valence electrons. The molecule has 20 heavy (non-hydrogen) atoms. The van der Waals surface area contributed by atoms with Gasteiger partial charge in [0, 0.05) is 24.1 Å². The summed E-state index contributed by atoms with van der Waals surface area (Å²) in [5, 5.41) is 0. The highest BCUT2D eigenvalue weighted by Crippen LogP contribution is 2.31. The van der Waals surface area contributed by atoms with Gasteiger partial charge in [-0.3, -0.25) is 0 Å². The van der Waals surface area contributed by atoms with Gasteiger partial charge in [0.1, 0.15) is 5.75 Å². The SMILES string of the molecule is COCc1cc(OCC2(C)COC2)cc(COC)c1Br. The van der Waals surface area contributed by atoms with E-state index < -0.39 is 0 Å². The van der Waals surface area contributed by atoms with E-state index in [1.807, 2.05) is 12.1 Å². The first-order chi connectivity index (χ1) is 9.58. The first kappa shape index (κ1) is 15.8. The molecule has 1 aromatic carbocycles. The highest BCUT2D eigenvalue weighted by atomic mass is 79.9. The third-order valence-electron chi connectivity index (χ3n) is 3.28. The lowest BCUT2D eigenvalue weighted by Gasteiger charge is -2.37. The van der Waals surface area contributed by atoms with Gasteiger partial charge in [-0.15, -0.1) is 0 Å². The maximum Gasteiger partial charge on any atom is 0.120 e. The Morgan fingerprint density at radius 2 is 1.70 bits per heavy atom. The summed E-state index contributed by atoms with van der Waals surface area (Å²) in [7, 11) is 3.37. The van der Waals surface area contributed by atoms with Crippen LogP contribution in [0.2, 0.25) is 0 Å². The molecule has 0 N–H and O–H groups in total. The van der Waals surface area contributed by atoms with E-state index in [4.69, 9.17) is 18.9 Å². The highest BCUT2D eigenvalue weighted by Gasteiger charge is 2.34. The molecular formula is C15H21BrO4. The number of ether oxygens (including phenoxy) is 4. The minimum absolute atomic E-state index is 0.135. The van der Waals surface area contributed by atoms with E-state index in [1.54, 1.807) is 14.2 Å². The largest absolute Gasteiger partial charge is 0.493 e. The summed E-state index contributed by atoms with van der Waals surface area (Å²) in [6.45, 7) is 5.43. The van der Waals surface area contributed by atoms with Crippen molar-refractivity contribution in [3.63, 3.8) is 0 Å². The van der Waals surface area contributed by atoms with Crippen molar-refractivity contribution < 1.29 is 18.9 Å². The number of methoxy groups -OCH3 is 2. The monoisotopic (exact) mass is 344 g/mol. The molecule has 0 saturated carbocycles. The molecule has 0 amide bonds. The van der Waals surface area contributed by atoms with E-state index in [-0.39, 0.29) is 5.41 Å². The second-order valence-electron chi connectivity index (χ2n) is 5.51. The summed E-state index contributed by atoms with van der Waals surface area (Å²) in [5.41, 5.74) is 2.26. The molecule has 5 heteroatoms. The van der Waals surface area contributed by atoms with Crippen molar-refractivity contribution in [1.29, 1.82) is 0 Å². The maximum atomic E-state index is 5.93. The van der Waals surface area contributed by atoms with E-state index in [1.165, 1.54) is 0 Å². The molecule has 0 bridgehead atoms. The van der Waals surface area contributed by atoms with Gasteiger partial charge in [-0.2, -0.15) is 0 Å². The number of rotatable bonds is 7. The van der Waals surface area contributed by atoms with E-state index in [0.29, 0.717) is 19.8 Å². The smallest absolute Gasteiger partial charge is 0.120 e. The molecule has 1 saturated heterocycles. The van der Waals surface area contributed by atoms with Gasteiger partial charge in [0.25, 0.3) is 0 Å². The van der Waals surface area contributed by atoms with Crippen LogP contribution in [-0.4, -0.2) is 34.0 Å². The Morgan fingerprint density at radius 1 is 1.15 bits per heavy atom.